The van der Waals surface area contributed by atoms with Crippen LogP contribution in [-0.4, -0.2) is 46.1 Å². The van der Waals surface area contributed by atoms with Gasteiger partial charge in [0.2, 0.25) is 0 Å². The molecule has 0 aromatic heterocycles. The van der Waals surface area contributed by atoms with E-state index < -0.39 is 5.60 Å². The molecule has 4 heteroatoms. The minimum absolute atomic E-state index is 0.146. The van der Waals surface area contributed by atoms with Gasteiger partial charge in [0, 0.05) is 18.8 Å². The fourth-order valence-corrected chi connectivity index (χ4v) is 2.57. The first-order valence-corrected chi connectivity index (χ1v) is 6.16. The topological polar surface area (TPSA) is 40.5 Å². The number of nitrogens with zero attached hydrogens (tertiary/aromatic N) is 1. The Bertz CT molecular complexity index is 213. The highest BCUT2D eigenvalue weighted by molar-refractivity contribution is 7.99. The molecule has 1 aliphatic rings. The molecule has 3 nitrogen and oxygen atoms in total. The first-order chi connectivity index (χ1) is 6.41. The highest BCUT2D eigenvalue weighted by atomic mass is 32.2. The molecule has 0 bridgehead atoms. The van der Waals surface area contributed by atoms with Crippen LogP contribution in [-0.2, 0) is 4.79 Å². The second-order valence-corrected chi connectivity index (χ2v) is 5.64. The SMILES string of the molecule is CC1CSCCN(C(=O)C(C)(C)O)C1. The van der Waals surface area contributed by atoms with Gasteiger partial charge in [-0.25, -0.2) is 0 Å². The molecular formula is C10H19NO2S. The van der Waals surface area contributed by atoms with Crippen molar-refractivity contribution < 1.29 is 9.90 Å². The van der Waals surface area contributed by atoms with Gasteiger partial charge in [-0.15, -0.1) is 0 Å². The van der Waals surface area contributed by atoms with Crippen molar-refractivity contribution in [1.29, 1.82) is 0 Å². The smallest absolute Gasteiger partial charge is 0.253 e. The fraction of sp³-hybridized carbons (Fsp3) is 0.900. The molecule has 1 N–H and O–H groups in total. The first kappa shape index (κ1) is 11.9. The van der Waals surface area contributed by atoms with E-state index in [1.165, 1.54) is 0 Å². The summed E-state index contributed by atoms with van der Waals surface area (Å²) in [7, 11) is 0. The summed E-state index contributed by atoms with van der Waals surface area (Å²) in [5.74, 6) is 2.46. The van der Waals surface area contributed by atoms with E-state index in [9.17, 15) is 9.90 Å². The third-order valence-corrected chi connectivity index (χ3v) is 3.53. The van der Waals surface area contributed by atoms with Gasteiger partial charge >= 0.3 is 0 Å². The predicted octanol–water partition coefficient (Wildman–Crippen LogP) is 0.969. The maximum Gasteiger partial charge on any atom is 0.253 e. The zero-order valence-electron chi connectivity index (χ0n) is 9.12. The lowest BCUT2D eigenvalue weighted by molar-refractivity contribution is -0.148. The van der Waals surface area contributed by atoms with E-state index in [0.717, 1.165) is 24.6 Å². The monoisotopic (exact) mass is 217 g/mol. The van der Waals surface area contributed by atoms with Gasteiger partial charge in [0.25, 0.3) is 5.91 Å². The van der Waals surface area contributed by atoms with Crippen LogP contribution in [0.5, 0.6) is 0 Å². The number of amides is 1. The Balaban J connectivity index is 2.62. The third-order valence-electron chi connectivity index (χ3n) is 2.25. The minimum atomic E-state index is -1.23. The van der Waals surface area contributed by atoms with Crippen LogP contribution in [0.25, 0.3) is 0 Å². The Hall–Kier alpha value is -0.220. The van der Waals surface area contributed by atoms with Gasteiger partial charge in [0.05, 0.1) is 0 Å². The van der Waals surface area contributed by atoms with E-state index in [2.05, 4.69) is 6.92 Å². The molecule has 1 atom stereocenters. The van der Waals surface area contributed by atoms with E-state index in [-0.39, 0.29) is 5.91 Å². The zero-order chi connectivity index (χ0) is 10.8. The van der Waals surface area contributed by atoms with Crippen molar-refractivity contribution in [2.24, 2.45) is 5.92 Å². The third kappa shape index (κ3) is 3.17. The van der Waals surface area contributed by atoms with Crippen molar-refractivity contribution in [3.63, 3.8) is 0 Å². The summed E-state index contributed by atoms with van der Waals surface area (Å²) in [6.45, 7) is 6.78. The van der Waals surface area contributed by atoms with Gasteiger partial charge in [0.1, 0.15) is 5.60 Å². The number of carbonyl (C=O) groups is 1. The highest BCUT2D eigenvalue weighted by Crippen LogP contribution is 2.18. The van der Waals surface area contributed by atoms with Crippen molar-refractivity contribution in [3.05, 3.63) is 0 Å². The maximum atomic E-state index is 11.8. The summed E-state index contributed by atoms with van der Waals surface area (Å²) in [6.07, 6.45) is 0. The van der Waals surface area contributed by atoms with Crippen molar-refractivity contribution in [2.75, 3.05) is 24.6 Å². The number of aliphatic hydroxyl groups is 1. The Morgan fingerprint density at radius 1 is 1.57 bits per heavy atom. The van der Waals surface area contributed by atoms with Crippen molar-refractivity contribution in [1.82, 2.24) is 4.90 Å². The fourth-order valence-electron chi connectivity index (χ4n) is 1.55. The zero-order valence-corrected chi connectivity index (χ0v) is 9.93. The lowest BCUT2D eigenvalue weighted by Crippen LogP contribution is -2.47. The number of rotatable bonds is 1. The predicted molar refractivity (Wildman–Crippen MR) is 59.4 cm³/mol. The van der Waals surface area contributed by atoms with E-state index in [0.29, 0.717) is 5.92 Å². The van der Waals surface area contributed by atoms with Crippen LogP contribution in [0.4, 0.5) is 0 Å². The standard InChI is InChI=1S/C10H19NO2S/c1-8-6-11(4-5-14-7-8)9(12)10(2,3)13/h8,13H,4-7H2,1-3H3. The Morgan fingerprint density at radius 3 is 2.79 bits per heavy atom. The van der Waals surface area contributed by atoms with Gasteiger partial charge in [-0.1, -0.05) is 6.92 Å². The molecule has 0 spiro atoms. The number of hydrogen-bond donors (Lipinski definition) is 1. The van der Waals surface area contributed by atoms with E-state index in [1.807, 2.05) is 11.8 Å². The van der Waals surface area contributed by atoms with Crippen LogP contribution >= 0.6 is 11.8 Å². The Morgan fingerprint density at radius 2 is 2.21 bits per heavy atom. The molecule has 0 saturated carbocycles. The molecule has 1 amide bonds. The second-order valence-electron chi connectivity index (χ2n) is 4.49. The molecule has 0 aromatic carbocycles. The highest BCUT2D eigenvalue weighted by Gasteiger charge is 2.30. The van der Waals surface area contributed by atoms with E-state index >= 15 is 0 Å². The minimum Gasteiger partial charge on any atom is -0.381 e. The lowest BCUT2D eigenvalue weighted by Gasteiger charge is -2.28. The van der Waals surface area contributed by atoms with Gasteiger partial charge in [-0.3, -0.25) is 4.79 Å². The molecule has 0 radical (unpaired) electrons. The average molecular weight is 217 g/mol. The van der Waals surface area contributed by atoms with Gasteiger partial charge in [0.15, 0.2) is 0 Å². The van der Waals surface area contributed by atoms with Gasteiger partial charge in [-0.05, 0) is 25.5 Å². The molecule has 0 aliphatic carbocycles. The normalized spacial score (nSPS) is 24.6. The van der Waals surface area contributed by atoms with E-state index in [4.69, 9.17) is 0 Å². The van der Waals surface area contributed by atoms with Crippen LogP contribution in [0, 0.1) is 5.92 Å². The lowest BCUT2D eigenvalue weighted by atomic mass is 10.1. The summed E-state index contributed by atoms with van der Waals surface area (Å²) in [5.41, 5.74) is -1.23. The van der Waals surface area contributed by atoms with Crippen LogP contribution in [0.3, 0.4) is 0 Å². The first-order valence-electron chi connectivity index (χ1n) is 5.00. The number of carbonyl (C=O) groups excluding carboxylic acids is 1. The number of hydrogen-bond acceptors (Lipinski definition) is 3. The second kappa shape index (κ2) is 4.53. The number of thioether (sulfide) groups is 1. The molecule has 1 saturated heterocycles. The molecule has 1 fully saturated rings. The molecule has 82 valence electrons. The molecule has 14 heavy (non-hydrogen) atoms. The average Bonchev–Trinajstić information content (AvgIpc) is 2.26. The van der Waals surface area contributed by atoms with Crippen LogP contribution in [0.15, 0.2) is 0 Å². The quantitative estimate of drug-likeness (QED) is 0.711. The van der Waals surface area contributed by atoms with Crippen molar-refractivity contribution in [2.45, 2.75) is 26.4 Å². The molecule has 1 heterocycles. The van der Waals surface area contributed by atoms with Crippen LogP contribution in [0.2, 0.25) is 0 Å². The Kier molecular flexibility index (Phi) is 3.84. The molecule has 1 rings (SSSR count). The largest absolute Gasteiger partial charge is 0.381 e. The van der Waals surface area contributed by atoms with Gasteiger partial charge in [-0.2, -0.15) is 11.8 Å². The summed E-state index contributed by atoms with van der Waals surface area (Å²) < 4.78 is 0. The van der Waals surface area contributed by atoms with Crippen LogP contribution < -0.4 is 0 Å². The molecule has 1 aliphatic heterocycles. The Labute approximate surface area is 89.9 Å². The van der Waals surface area contributed by atoms with Crippen molar-refractivity contribution >= 4 is 17.7 Å². The molecule has 1 unspecified atom stereocenters. The van der Waals surface area contributed by atoms with Crippen molar-refractivity contribution in [3.8, 4) is 0 Å². The summed E-state index contributed by atoms with van der Waals surface area (Å²) in [5, 5.41) is 9.62. The summed E-state index contributed by atoms with van der Waals surface area (Å²) in [6, 6.07) is 0. The van der Waals surface area contributed by atoms with Gasteiger partial charge < -0.3 is 10.0 Å². The maximum absolute atomic E-state index is 11.8. The van der Waals surface area contributed by atoms with Crippen LogP contribution in [0.1, 0.15) is 20.8 Å². The molecular weight excluding hydrogens is 198 g/mol. The van der Waals surface area contributed by atoms with E-state index in [1.54, 1.807) is 18.7 Å². The summed E-state index contributed by atoms with van der Waals surface area (Å²) >= 11 is 1.88. The molecule has 0 aromatic rings. The summed E-state index contributed by atoms with van der Waals surface area (Å²) in [4.78, 5) is 13.6.